The summed E-state index contributed by atoms with van der Waals surface area (Å²) >= 11 is 0. The number of carbonyl (C=O) groups is 2. The molecule has 1 aromatic heterocycles. The second-order valence-electron chi connectivity index (χ2n) is 6.19. The molecule has 0 bridgehead atoms. The quantitative estimate of drug-likeness (QED) is 0.557. The first-order valence-corrected chi connectivity index (χ1v) is 9.26. The summed E-state index contributed by atoms with van der Waals surface area (Å²) in [5.74, 6) is -0.0805. The number of hydrogen-bond acceptors (Lipinski definition) is 7. The number of hydrogen-bond donors (Lipinski definition) is 2. The van der Waals surface area contributed by atoms with Gasteiger partial charge in [0.25, 0.3) is 11.5 Å². The van der Waals surface area contributed by atoms with Gasteiger partial charge < -0.3 is 9.47 Å². The number of methoxy groups -OCH3 is 1. The first-order valence-electron chi connectivity index (χ1n) is 9.26. The monoisotopic (exact) mass is 411 g/mol. The number of benzene rings is 2. The fraction of sp³-hybridized carbons (Fsp3) is 0.250. The van der Waals surface area contributed by atoms with E-state index in [1.54, 1.807) is 36.4 Å². The van der Waals surface area contributed by atoms with Gasteiger partial charge in [0.05, 0.1) is 25.6 Å². The number of aryl methyl sites for hydroxylation is 1. The lowest BCUT2D eigenvalue weighted by Crippen LogP contribution is -2.42. The maximum atomic E-state index is 12.4. The lowest BCUT2D eigenvalue weighted by atomic mass is 10.2. The van der Waals surface area contributed by atoms with Gasteiger partial charge in [0.2, 0.25) is 5.91 Å². The summed E-state index contributed by atoms with van der Waals surface area (Å²) in [7, 11) is 1.47. The third kappa shape index (κ3) is 4.72. The Morgan fingerprint density at radius 3 is 2.67 bits per heavy atom. The number of carbonyl (C=O) groups excluding carboxylic acids is 2. The van der Waals surface area contributed by atoms with Crippen LogP contribution in [0.2, 0.25) is 0 Å². The third-order valence-electron chi connectivity index (χ3n) is 4.22. The molecule has 10 nitrogen and oxygen atoms in total. The van der Waals surface area contributed by atoms with E-state index < -0.39 is 11.8 Å². The van der Waals surface area contributed by atoms with Crippen molar-refractivity contribution >= 4 is 22.7 Å². The van der Waals surface area contributed by atoms with Crippen LogP contribution >= 0.6 is 0 Å². The van der Waals surface area contributed by atoms with Crippen molar-refractivity contribution in [2.75, 3.05) is 13.7 Å². The lowest BCUT2D eigenvalue weighted by molar-refractivity contribution is -0.122. The molecule has 2 aromatic carbocycles. The van der Waals surface area contributed by atoms with E-state index in [0.29, 0.717) is 29.0 Å². The van der Waals surface area contributed by atoms with Crippen LogP contribution in [0.5, 0.6) is 11.5 Å². The largest absolute Gasteiger partial charge is 0.493 e. The number of amides is 2. The molecule has 0 aliphatic carbocycles. The molecule has 2 N–H and O–H groups in total. The number of aromatic nitrogens is 3. The zero-order valence-electron chi connectivity index (χ0n) is 16.5. The van der Waals surface area contributed by atoms with E-state index in [0.717, 1.165) is 4.68 Å². The van der Waals surface area contributed by atoms with Crippen LogP contribution in [0.25, 0.3) is 10.9 Å². The molecule has 10 heteroatoms. The van der Waals surface area contributed by atoms with Gasteiger partial charge in [-0.1, -0.05) is 17.3 Å². The predicted molar refractivity (Wildman–Crippen MR) is 108 cm³/mol. The average molecular weight is 411 g/mol. The maximum absolute atomic E-state index is 12.4. The molecule has 3 aromatic rings. The van der Waals surface area contributed by atoms with Crippen molar-refractivity contribution in [3.63, 3.8) is 0 Å². The van der Waals surface area contributed by atoms with E-state index in [1.165, 1.54) is 13.2 Å². The predicted octanol–water partition coefficient (Wildman–Crippen LogP) is 1.05. The number of fused-ring (bicyclic) bond motifs is 1. The summed E-state index contributed by atoms with van der Waals surface area (Å²) in [5.41, 5.74) is 5.07. The van der Waals surface area contributed by atoms with Crippen molar-refractivity contribution in [2.24, 2.45) is 0 Å². The van der Waals surface area contributed by atoms with Gasteiger partial charge in [-0.2, -0.15) is 0 Å². The first kappa shape index (κ1) is 20.8. The number of rotatable bonds is 7. The van der Waals surface area contributed by atoms with Crippen molar-refractivity contribution in [3.8, 4) is 11.5 Å². The summed E-state index contributed by atoms with van der Waals surface area (Å²) in [6.07, 6.45) is -0.0696. The third-order valence-corrected chi connectivity index (χ3v) is 4.22. The molecule has 2 amide bonds. The van der Waals surface area contributed by atoms with Crippen molar-refractivity contribution in [3.05, 3.63) is 58.4 Å². The van der Waals surface area contributed by atoms with Crippen molar-refractivity contribution in [1.82, 2.24) is 25.8 Å². The van der Waals surface area contributed by atoms with E-state index in [-0.39, 0.29) is 24.1 Å². The number of nitrogens with zero attached hydrogens (tertiary/aromatic N) is 3. The molecule has 0 spiro atoms. The van der Waals surface area contributed by atoms with E-state index in [9.17, 15) is 14.4 Å². The normalized spacial score (nSPS) is 10.5. The second-order valence-corrected chi connectivity index (χ2v) is 6.19. The molecule has 0 aliphatic rings. The van der Waals surface area contributed by atoms with Crippen LogP contribution in [-0.4, -0.2) is 40.5 Å². The Balaban J connectivity index is 1.56. The van der Waals surface area contributed by atoms with E-state index in [1.807, 2.05) is 6.92 Å². The van der Waals surface area contributed by atoms with Crippen LogP contribution in [0, 0.1) is 0 Å². The minimum Gasteiger partial charge on any atom is -0.493 e. The van der Waals surface area contributed by atoms with Crippen LogP contribution < -0.4 is 25.9 Å². The minimum absolute atomic E-state index is 0.0231. The molecule has 0 saturated heterocycles. The van der Waals surface area contributed by atoms with Gasteiger partial charge in [0.1, 0.15) is 5.52 Å². The van der Waals surface area contributed by atoms with Crippen LogP contribution in [0.1, 0.15) is 23.7 Å². The van der Waals surface area contributed by atoms with Gasteiger partial charge in [-0.15, -0.1) is 5.10 Å². The molecular formula is C20H21N5O5. The molecule has 0 atom stereocenters. The molecule has 0 aliphatic heterocycles. The smallest absolute Gasteiger partial charge is 0.277 e. The van der Waals surface area contributed by atoms with Gasteiger partial charge in [-0.25, -0.2) is 4.68 Å². The van der Waals surface area contributed by atoms with Gasteiger partial charge in [-0.05, 0) is 37.3 Å². The minimum atomic E-state index is -0.521. The highest BCUT2D eigenvalue weighted by atomic mass is 16.5. The Bertz CT molecular complexity index is 1130. The fourth-order valence-corrected chi connectivity index (χ4v) is 2.72. The first-order chi connectivity index (χ1) is 14.5. The molecule has 30 heavy (non-hydrogen) atoms. The fourth-order valence-electron chi connectivity index (χ4n) is 2.72. The van der Waals surface area contributed by atoms with Gasteiger partial charge >= 0.3 is 0 Å². The zero-order valence-corrected chi connectivity index (χ0v) is 16.5. The van der Waals surface area contributed by atoms with Crippen LogP contribution in [0.3, 0.4) is 0 Å². The maximum Gasteiger partial charge on any atom is 0.277 e. The Morgan fingerprint density at radius 1 is 1.10 bits per heavy atom. The molecule has 156 valence electrons. The van der Waals surface area contributed by atoms with Crippen LogP contribution in [0.15, 0.2) is 47.3 Å². The standard InChI is InChI=1S/C20H21N5O5/c1-3-30-16-9-8-13(12-17(16)29-2)19(27)23-22-18(26)10-11-25-20(28)14-6-4-5-7-15(14)21-24-25/h4-9,12H,3,10-11H2,1-2H3,(H,22,26)(H,23,27). The Kier molecular flexibility index (Phi) is 6.58. The molecule has 0 radical (unpaired) electrons. The summed E-state index contributed by atoms with van der Waals surface area (Å²) < 4.78 is 11.7. The zero-order chi connectivity index (χ0) is 21.5. The van der Waals surface area contributed by atoms with Crippen LogP contribution in [0.4, 0.5) is 0 Å². The average Bonchev–Trinajstić information content (AvgIpc) is 2.77. The summed E-state index contributed by atoms with van der Waals surface area (Å²) in [4.78, 5) is 36.7. The highest BCUT2D eigenvalue weighted by Crippen LogP contribution is 2.27. The summed E-state index contributed by atoms with van der Waals surface area (Å²) in [6.45, 7) is 2.32. The molecule has 0 fully saturated rings. The molecule has 0 unspecified atom stereocenters. The molecule has 3 rings (SSSR count). The van der Waals surface area contributed by atoms with Gasteiger partial charge in [0, 0.05) is 12.0 Å². The van der Waals surface area contributed by atoms with E-state index in [2.05, 4.69) is 21.2 Å². The lowest BCUT2D eigenvalue weighted by Gasteiger charge is -2.11. The van der Waals surface area contributed by atoms with Gasteiger partial charge in [-0.3, -0.25) is 25.2 Å². The SMILES string of the molecule is CCOc1ccc(C(=O)NNC(=O)CCn2nnc3ccccc3c2=O)cc1OC. The Hall–Kier alpha value is -3.95. The highest BCUT2D eigenvalue weighted by molar-refractivity contribution is 5.96. The Morgan fingerprint density at radius 2 is 1.90 bits per heavy atom. The van der Waals surface area contributed by atoms with E-state index in [4.69, 9.17) is 9.47 Å². The highest BCUT2D eigenvalue weighted by Gasteiger charge is 2.13. The second kappa shape index (κ2) is 9.50. The molecular weight excluding hydrogens is 390 g/mol. The molecule has 1 heterocycles. The van der Waals surface area contributed by atoms with E-state index >= 15 is 0 Å². The number of hydrazine groups is 1. The van der Waals surface area contributed by atoms with Crippen LogP contribution in [-0.2, 0) is 11.3 Å². The van der Waals surface area contributed by atoms with Crippen molar-refractivity contribution < 1.29 is 19.1 Å². The van der Waals surface area contributed by atoms with Crippen molar-refractivity contribution in [2.45, 2.75) is 19.9 Å². The number of nitrogens with one attached hydrogen (secondary N) is 2. The Labute approximate surface area is 171 Å². The molecule has 0 saturated carbocycles. The number of ether oxygens (including phenoxy) is 2. The van der Waals surface area contributed by atoms with Crippen molar-refractivity contribution in [1.29, 1.82) is 0 Å². The summed E-state index contributed by atoms with van der Waals surface area (Å²) in [6, 6.07) is 11.5. The summed E-state index contributed by atoms with van der Waals surface area (Å²) in [5, 5.41) is 8.21. The topological polar surface area (TPSA) is 124 Å². The van der Waals surface area contributed by atoms with Gasteiger partial charge in [0.15, 0.2) is 11.5 Å².